The zero-order valence-electron chi connectivity index (χ0n) is 16.3. The van der Waals surface area contributed by atoms with Gasteiger partial charge in [0.2, 0.25) is 0 Å². The Kier molecular flexibility index (Phi) is 5.30. The van der Waals surface area contributed by atoms with Gasteiger partial charge in [-0.3, -0.25) is 0 Å². The lowest BCUT2D eigenvalue weighted by Crippen LogP contribution is -2.38. The first kappa shape index (κ1) is 18.7. The summed E-state index contributed by atoms with van der Waals surface area (Å²) in [5.41, 5.74) is 2.14. The molecule has 152 valence electrons. The zero-order valence-corrected chi connectivity index (χ0v) is 17.1. The molecule has 1 N–H and O–H groups in total. The largest absolute Gasteiger partial charge is 0.386 e. The molecule has 0 spiro atoms. The van der Waals surface area contributed by atoms with Crippen LogP contribution in [0.2, 0.25) is 0 Å². The van der Waals surface area contributed by atoms with Gasteiger partial charge in [-0.05, 0) is 31.0 Å². The summed E-state index contributed by atoms with van der Waals surface area (Å²) in [7, 11) is 0. The highest BCUT2D eigenvalue weighted by Crippen LogP contribution is 2.34. The number of fused-ring (bicyclic) bond motifs is 1. The molecule has 2 aliphatic rings. The van der Waals surface area contributed by atoms with Gasteiger partial charge in [0.05, 0.1) is 18.7 Å². The highest BCUT2D eigenvalue weighted by molar-refractivity contribution is 7.09. The number of aliphatic hydroxyl groups excluding tert-OH is 1. The maximum atomic E-state index is 10.8. The van der Waals surface area contributed by atoms with E-state index in [2.05, 4.69) is 43.0 Å². The third kappa shape index (κ3) is 3.80. The Morgan fingerprint density at radius 2 is 2.00 bits per heavy atom. The van der Waals surface area contributed by atoms with Crippen molar-refractivity contribution in [2.75, 3.05) is 49.2 Å². The number of aromatic nitrogens is 3. The van der Waals surface area contributed by atoms with Crippen molar-refractivity contribution < 1.29 is 9.84 Å². The molecular weight excluding hydrogens is 386 g/mol. The topological polar surface area (TPSA) is 74.6 Å². The van der Waals surface area contributed by atoms with Gasteiger partial charge in [0.25, 0.3) is 0 Å². The van der Waals surface area contributed by atoms with Gasteiger partial charge in [0.1, 0.15) is 23.3 Å². The summed E-state index contributed by atoms with van der Waals surface area (Å²) >= 11 is 1.52. The number of nitrogens with zero attached hydrogens (tertiary/aromatic N) is 5. The number of thiazole rings is 1. The van der Waals surface area contributed by atoms with Gasteiger partial charge in [0.15, 0.2) is 0 Å². The maximum Gasteiger partial charge on any atom is 0.139 e. The van der Waals surface area contributed by atoms with Crippen LogP contribution >= 0.6 is 11.3 Å². The SMILES string of the molecule is O[C@@H](c1nccs1)[C@H]1CCCN(c2ncnc3cc(N4CCOCC4)ccc23)C1. The van der Waals surface area contributed by atoms with E-state index in [9.17, 15) is 5.11 Å². The molecule has 5 rings (SSSR count). The van der Waals surface area contributed by atoms with Crippen molar-refractivity contribution in [3.05, 3.63) is 41.1 Å². The molecule has 0 unspecified atom stereocenters. The van der Waals surface area contributed by atoms with Crippen LogP contribution in [0.25, 0.3) is 10.9 Å². The average molecular weight is 412 g/mol. The quantitative estimate of drug-likeness (QED) is 0.707. The first-order chi connectivity index (χ1) is 14.3. The van der Waals surface area contributed by atoms with Crippen LogP contribution in [0, 0.1) is 5.92 Å². The monoisotopic (exact) mass is 411 g/mol. The number of morpholine rings is 1. The molecule has 8 heteroatoms. The average Bonchev–Trinajstić information content (AvgIpc) is 3.33. The summed E-state index contributed by atoms with van der Waals surface area (Å²) in [6, 6.07) is 6.44. The van der Waals surface area contributed by atoms with Crippen molar-refractivity contribution in [3.63, 3.8) is 0 Å². The molecule has 0 saturated carbocycles. The fourth-order valence-corrected chi connectivity index (χ4v) is 5.06. The van der Waals surface area contributed by atoms with Crippen LogP contribution in [0.4, 0.5) is 11.5 Å². The maximum absolute atomic E-state index is 10.8. The molecule has 0 aliphatic carbocycles. The number of piperidine rings is 1. The molecule has 29 heavy (non-hydrogen) atoms. The Morgan fingerprint density at radius 3 is 2.83 bits per heavy atom. The lowest BCUT2D eigenvalue weighted by atomic mass is 9.92. The highest BCUT2D eigenvalue weighted by atomic mass is 32.1. The number of rotatable bonds is 4. The first-order valence-electron chi connectivity index (χ1n) is 10.2. The van der Waals surface area contributed by atoms with Crippen molar-refractivity contribution in [3.8, 4) is 0 Å². The standard InChI is InChI=1S/C21H25N5O2S/c27-19(21-22-5-11-29-21)15-2-1-6-26(13-15)20-17-4-3-16(12-18(17)23-14-24-20)25-7-9-28-10-8-25/h3-5,11-12,14-15,19,27H,1-2,6-10,13H2/t15-,19+/m0/s1. The predicted octanol–water partition coefficient (Wildman–Crippen LogP) is 2.87. The lowest BCUT2D eigenvalue weighted by molar-refractivity contribution is 0.0977. The number of aliphatic hydroxyl groups is 1. The van der Waals surface area contributed by atoms with Gasteiger partial charge in [-0.2, -0.15) is 0 Å². The van der Waals surface area contributed by atoms with E-state index in [4.69, 9.17) is 4.74 Å². The molecule has 4 heterocycles. The Labute approximate surface area is 174 Å². The second kappa shape index (κ2) is 8.22. The minimum atomic E-state index is -0.515. The van der Waals surface area contributed by atoms with Gasteiger partial charge in [0, 0.05) is 54.7 Å². The third-order valence-electron chi connectivity index (χ3n) is 5.88. The summed E-state index contributed by atoms with van der Waals surface area (Å²) in [6.07, 6.45) is 4.93. The number of ether oxygens (including phenoxy) is 1. The Morgan fingerprint density at radius 1 is 1.10 bits per heavy atom. The second-order valence-electron chi connectivity index (χ2n) is 7.66. The van der Waals surface area contributed by atoms with Gasteiger partial charge in [-0.25, -0.2) is 15.0 Å². The Balaban J connectivity index is 1.40. The molecule has 2 atom stereocenters. The number of hydrogen-bond acceptors (Lipinski definition) is 8. The van der Waals surface area contributed by atoms with Crippen LogP contribution in [-0.4, -0.2) is 59.5 Å². The van der Waals surface area contributed by atoms with Crippen LogP contribution in [0.3, 0.4) is 0 Å². The second-order valence-corrected chi connectivity index (χ2v) is 8.59. The smallest absolute Gasteiger partial charge is 0.139 e. The molecule has 0 radical (unpaired) electrons. The van der Waals surface area contributed by atoms with Gasteiger partial charge in [-0.1, -0.05) is 0 Å². The van der Waals surface area contributed by atoms with E-state index in [1.54, 1.807) is 12.5 Å². The zero-order chi connectivity index (χ0) is 19.6. The van der Waals surface area contributed by atoms with Crippen LogP contribution in [0.5, 0.6) is 0 Å². The highest BCUT2D eigenvalue weighted by Gasteiger charge is 2.29. The van der Waals surface area contributed by atoms with Crippen LogP contribution in [0.1, 0.15) is 24.0 Å². The van der Waals surface area contributed by atoms with Crippen molar-refractivity contribution in [1.82, 2.24) is 15.0 Å². The van der Waals surface area contributed by atoms with Crippen molar-refractivity contribution in [2.45, 2.75) is 18.9 Å². The molecule has 2 saturated heterocycles. The summed E-state index contributed by atoms with van der Waals surface area (Å²) in [4.78, 5) is 18.1. The molecule has 0 bridgehead atoms. The van der Waals surface area contributed by atoms with E-state index in [0.717, 1.165) is 74.0 Å². The summed E-state index contributed by atoms with van der Waals surface area (Å²) in [5.74, 6) is 1.12. The van der Waals surface area contributed by atoms with E-state index in [1.807, 2.05) is 5.38 Å². The Hall–Kier alpha value is -2.29. The minimum Gasteiger partial charge on any atom is -0.386 e. The van der Waals surface area contributed by atoms with Crippen molar-refractivity contribution in [1.29, 1.82) is 0 Å². The molecule has 2 aliphatic heterocycles. The fraction of sp³-hybridized carbons (Fsp3) is 0.476. The fourth-order valence-electron chi connectivity index (χ4n) is 4.34. The molecule has 2 fully saturated rings. The van der Waals surface area contributed by atoms with E-state index in [-0.39, 0.29) is 5.92 Å². The summed E-state index contributed by atoms with van der Waals surface area (Å²) in [6.45, 7) is 5.07. The van der Waals surface area contributed by atoms with E-state index < -0.39 is 6.10 Å². The van der Waals surface area contributed by atoms with Crippen LogP contribution in [-0.2, 0) is 4.74 Å². The van der Waals surface area contributed by atoms with Crippen LogP contribution < -0.4 is 9.80 Å². The van der Waals surface area contributed by atoms with Crippen molar-refractivity contribution in [2.24, 2.45) is 5.92 Å². The predicted molar refractivity (Wildman–Crippen MR) is 115 cm³/mol. The van der Waals surface area contributed by atoms with E-state index in [0.29, 0.717) is 0 Å². The molecule has 2 aromatic heterocycles. The van der Waals surface area contributed by atoms with Gasteiger partial charge in [-0.15, -0.1) is 11.3 Å². The van der Waals surface area contributed by atoms with E-state index >= 15 is 0 Å². The minimum absolute atomic E-state index is 0.160. The normalized spacial score (nSPS) is 21.5. The van der Waals surface area contributed by atoms with Gasteiger partial charge >= 0.3 is 0 Å². The number of benzene rings is 1. The van der Waals surface area contributed by atoms with E-state index in [1.165, 1.54) is 17.0 Å². The summed E-state index contributed by atoms with van der Waals surface area (Å²) in [5, 5.41) is 14.6. The lowest BCUT2D eigenvalue weighted by Gasteiger charge is -2.35. The first-order valence-corrected chi connectivity index (χ1v) is 11.1. The number of hydrogen-bond donors (Lipinski definition) is 1. The molecule has 3 aromatic rings. The third-order valence-corrected chi connectivity index (χ3v) is 6.73. The molecular formula is C21H25N5O2S. The Bertz CT molecular complexity index is 961. The summed E-state index contributed by atoms with van der Waals surface area (Å²) < 4.78 is 5.47. The van der Waals surface area contributed by atoms with Crippen molar-refractivity contribution >= 4 is 33.7 Å². The molecule has 1 aromatic carbocycles. The van der Waals surface area contributed by atoms with Gasteiger partial charge < -0.3 is 19.6 Å². The molecule has 0 amide bonds. The number of anilines is 2. The molecule has 7 nitrogen and oxygen atoms in total. The van der Waals surface area contributed by atoms with Crippen LogP contribution in [0.15, 0.2) is 36.1 Å².